The summed E-state index contributed by atoms with van der Waals surface area (Å²) in [5.74, 6) is -0.0416. The largest absolute Gasteiger partial charge is 0.323 e. The van der Waals surface area contributed by atoms with Crippen LogP contribution >= 0.6 is 34.2 Å². The van der Waals surface area contributed by atoms with Crippen molar-refractivity contribution in [3.8, 4) is 0 Å². The molecule has 1 rings (SSSR count). The number of halogens is 2. The van der Waals surface area contributed by atoms with Crippen molar-refractivity contribution in [2.45, 2.75) is 26.3 Å². The van der Waals surface area contributed by atoms with Crippen LogP contribution in [0.15, 0.2) is 18.2 Å². The van der Waals surface area contributed by atoms with Gasteiger partial charge >= 0.3 is 0 Å². The molecule has 0 heterocycles. The Hall–Kier alpha value is -0.330. The normalized spacial score (nSPS) is 14.2. The molecule has 0 saturated carbocycles. The minimum atomic E-state index is -0.504. The predicted octanol–water partition coefficient (Wildman–Crippen LogP) is 3.26. The Bertz CT molecular complexity index is 411. The number of nitrogens with one attached hydrogen (secondary N) is 1. The van der Waals surface area contributed by atoms with Crippen LogP contribution in [0.25, 0.3) is 0 Å². The Morgan fingerprint density at radius 3 is 2.76 bits per heavy atom. The zero-order valence-corrected chi connectivity index (χ0v) is 12.7. The average molecular weight is 367 g/mol. The highest BCUT2D eigenvalue weighted by atomic mass is 127. The second kappa shape index (κ2) is 6.56. The van der Waals surface area contributed by atoms with E-state index in [1.165, 1.54) is 0 Å². The number of amides is 1. The van der Waals surface area contributed by atoms with Gasteiger partial charge in [0.25, 0.3) is 0 Å². The molecule has 1 aromatic rings. The van der Waals surface area contributed by atoms with Crippen LogP contribution in [0.3, 0.4) is 0 Å². The summed E-state index contributed by atoms with van der Waals surface area (Å²) in [7, 11) is 0. The molecule has 0 fully saturated rings. The van der Waals surface area contributed by atoms with Gasteiger partial charge in [0.05, 0.1) is 16.8 Å². The van der Waals surface area contributed by atoms with Gasteiger partial charge in [-0.15, -0.1) is 0 Å². The van der Waals surface area contributed by atoms with Crippen molar-refractivity contribution in [2.24, 2.45) is 11.7 Å². The predicted molar refractivity (Wildman–Crippen MR) is 80.2 cm³/mol. The van der Waals surface area contributed by atoms with E-state index in [0.717, 1.165) is 9.99 Å². The average Bonchev–Trinajstić information content (AvgIpc) is 2.30. The van der Waals surface area contributed by atoms with Crippen LogP contribution in [0.1, 0.15) is 20.3 Å². The fraction of sp³-hybridized carbons (Fsp3) is 0.417. The second-order valence-electron chi connectivity index (χ2n) is 4.02. The number of nitrogens with two attached hydrogens (primary N) is 1. The highest BCUT2D eigenvalue weighted by molar-refractivity contribution is 14.1. The molecule has 0 radical (unpaired) electrons. The molecule has 0 aliphatic carbocycles. The monoisotopic (exact) mass is 366 g/mol. The molecule has 3 N–H and O–H groups in total. The zero-order chi connectivity index (χ0) is 13.0. The Morgan fingerprint density at radius 2 is 2.24 bits per heavy atom. The van der Waals surface area contributed by atoms with Crippen molar-refractivity contribution in [3.63, 3.8) is 0 Å². The summed E-state index contributed by atoms with van der Waals surface area (Å²) in [6.07, 6.45) is 0.870. The third-order valence-corrected chi connectivity index (χ3v) is 3.73. The summed E-state index contributed by atoms with van der Waals surface area (Å²) in [6, 6.07) is 4.96. The molecule has 3 nitrogen and oxygen atoms in total. The van der Waals surface area contributed by atoms with Gasteiger partial charge in [-0.1, -0.05) is 31.9 Å². The number of carbonyl (C=O) groups excluding carboxylic acids is 1. The van der Waals surface area contributed by atoms with Gasteiger partial charge in [0.2, 0.25) is 5.91 Å². The number of rotatable bonds is 4. The van der Waals surface area contributed by atoms with Crippen LogP contribution in [0.2, 0.25) is 5.02 Å². The van der Waals surface area contributed by atoms with Crippen LogP contribution < -0.4 is 11.1 Å². The van der Waals surface area contributed by atoms with E-state index in [2.05, 4.69) is 27.9 Å². The Balaban J connectivity index is 2.74. The molecule has 0 aliphatic heterocycles. The number of hydrogen-bond donors (Lipinski definition) is 2. The van der Waals surface area contributed by atoms with Crippen molar-refractivity contribution in [1.82, 2.24) is 0 Å². The fourth-order valence-corrected chi connectivity index (χ4v) is 2.22. The Kier molecular flexibility index (Phi) is 5.69. The van der Waals surface area contributed by atoms with Crippen molar-refractivity contribution in [2.75, 3.05) is 5.32 Å². The minimum absolute atomic E-state index is 0.151. The molecule has 1 amide bonds. The molecular weight excluding hydrogens is 351 g/mol. The summed E-state index contributed by atoms with van der Waals surface area (Å²) in [5, 5.41) is 3.28. The molecule has 94 valence electrons. The van der Waals surface area contributed by atoms with Crippen LogP contribution in [0.5, 0.6) is 0 Å². The summed E-state index contributed by atoms with van der Waals surface area (Å²) in [4.78, 5) is 11.9. The maximum atomic E-state index is 11.9. The molecule has 0 spiro atoms. The van der Waals surface area contributed by atoms with E-state index in [9.17, 15) is 4.79 Å². The van der Waals surface area contributed by atoms with Crippen molar-refractivity contribution < 1.29 is 4.79 Å². The lowest BCUT2D eigenvalue weighted by molar-refractivity contribution is -0.118. The van der Waals surface area contributed by atoms with Crippen LogP contribution in [0.4, 0.5) is 5.69 Å². The first-order valence-corrected chi connectivity index (χ1v) is 6.92. The molecule has 17 heavy (non-hydrogen) atoms. The van der Waals surface area contributed by atoms with Crippen LogP contribution in [-0.4, -0.2) is 11.9 Å². The van der Waals surface area contributed by atoms with Gasteiger partial charge in [0, 0.05) is 3.57 Å². The number of benzene rings is 1. The quantitative estimate of drug-likeness (QED) is 0.804. The molecule has 0 aliphatic rings. The lowest BCUT2D eigenvalue weighted by Gasteiger charge is -2.18. The lowest BCUT2D eigenvalue weighted by atomic mass is 9.99. The first-order chi connectivity index (χ1) is 7.95. The molecule has 0 saturated heterocycles. The van der Waals surface area contributed by atoms with Gasteiger partial charge in [-0.25, -0.2) is 0 Å². The van der Waals surface area contributed by atoms with Crippen LogP contribution in [-0.2, 0) is 4.79 Å². The highest BCUT2D eigenvalue weighted by Gasteiger charge is 2.19. The molecule has 0 bridgehead atoms. The minimum Gasteiger partial charge on any atom is -0.323 e. The molecule has 0 aromatic heterocycles. The van der Waals surface area contributed by atoms with Gasteiger partial charge in [-0.05, 0) is 46.7 Å². The summed E-state index contributed by atoms with van der Waals surface area (Å²) >= 11 is 8.20. The summed E-state index contributed by atoms with van der Waals surface area (Å²) in [6.45, 7) is 3.97. The first kappa shape index (κ1) is 14.7. The Morgan fingerprint density at radius 1 is 1.59 bits per heavy atom. The van der Waals surface area contributed by atoms with Gasteiger partial charge in [0.1, 0.15) is 0 Å². The van der Waals surface area contributed by atoms with Gasteiger partial charge in [0.15, 0.2) is 0 Å². The maximum absolute atomic E-state index is 11.9. The summed E-state index contributed by atoms with van der Waals surface area (Å²) in [5.41, 5.74) is 6.45. The SMILES string of the molecule is CCC(C)C(N)C(=O)Nc1ccc(I)cc1Cl. The van der Waals surface area contributed by atoms with Crippen molar-refractivity contribution in [3.05, 3.63) is 26.8 Å². The van der Waals surface area contributed by atoms with E-state index in [1.807, 2.05) is 19.9 Å². The van der Waals surface area contributed by atoms with Crippen molar-refractivity contribution >= 4 is 45.8 Å². The number of hydrogen-bond acceptors (Lipinski definition) is 2. The number of carbonyl (C=O) groups is 1. The summed E-state index contributed by atoms with van der Waals surface area (Å²) < 4.78 is 1.02. The van der Waals surface area contributed by atoms with E-state index in [1.54, 1.807) is 12.1 Å². The topological polar surface area (TPSA) is 55.1 Å². The van der Waals surface area contributed by atoms with Crippen molar-refractivity contribution in [1.29, 1.82) is 0 Å². The number of anilines is 1. The zero-order valence-electron chi connectivity index (χ0n) is 9.84. The Labute approximate surface area is 120 Å². The van der Waals surface area contributed by atoms with E-state index >= 15 is 0 Å². The lowest BCUT2D eigenvalue weighted by Crippen LogP contribution is -2.40. The molecule has 2 unspecified atom stereocenters. The smallest absolute Gasteiger partial charge is 0.241 e. The van der Waals surface area contributed by atoms with Gasteiger partial charge in [-0.2, -0.15) is 0 Å². The van der Waals surface area contributed by atoms with E-state index in [4.69, 9.17) is 17.3 Å². The maximum Gasteiger partial charge on any atom is 0.241 e. The molecule has 5 heteroatoms. The third kappa shape index (κ3) is 4.12. The fourth-order valence-electron chi connectivity index (χ4n) is 1.32. The van der Waals surface area contributed by atoms with Gasteiger partial charge in [-0.3, -0.25) is 4.79 Å². The third-order valence-electron chi connectivity index (χ3n) is 2.75. The van der Waals surface area contributed by atoms with Gasteiger partial charge < -0.3 is 11.1 Å². The standard InChI is InChI=1S/C12H16ClIN2O/c1-3-7(2)11(15)12(17)16-10-5-4-8(14)6-9(10)13/h4-7,11H,3,15H2,1-2H3,(H,16,17). The van der Waals surface area contributed by atoms with E-state index in [0.29, 0.717) is 10.7 Å². The molecule has 2 atom stereocenters. The van der Waals surface area contributed by atoms with Crippen LogP contribution in [0, 0.1) is 9.49 Å². The van der Waals surface area contributed by atoms with E-state index in [-0.39, 0.29) is 11.8 Å². The first-order valence-electron chi connectivity index (χ1n) is 5.47. The second-order valence-corrected chi connectivity index (χ2v) is 5.68. The molecule has 1 aromatic carbocycles. The molecular formula is C12H16ClIN2O. The van der Waals surface area contributed by atoms with E-state index < -0.39 is 6.04 Å². The highest BCUT2D eigenvalue weighted by Crippen LogP contribution is 2.24.